The topological polar surface area (TPSA) is 189 Å². The molecule has 380 valence electrons. The predicted octanol–water partition coefficient (Wildman–Crippen LogP) is 5.40. The fourth-order valence-electron chi connectivity index (χ4n) is 10.6. The summed E-state index contributed by atoms with van der Waals surface area (Å²) in [6.07, 6.45) is 5.99. The second kappa shape index (κ2) is 24.3. The smallest absolute Gasteiger partial charge is 0.331 e. The molecule has 0 radical (unpaired) electrons. The Balaban J connectivity index is 1.08. The second-order valence-corrected chi connectivity index (χ2v) is 18.5. The highest BCUT2D eigenvalue weighted by Gasteiger charge is 2.43. The number of hydrogen-bond donors (Lipinski definition) is 4. The molecule has 0 saturated heterocycles. The average Bonchev–Trinajstić information content (AvgIpc) is 3.38. The van der Waals surface area contributed by atoms with Gasteiger partial charge in [-0.05, 0) is 63.7 Å². The molecule has 0 aromatic heterocycles. The molecular formula is C54H72N2O14+2. The van der Waals surface area contributed by atoms with Crippen molar-refractivity contribution in [3.63, 3.8) is 0 Å². The summed E-state index contributed by atoms with van der Waals surface area (Å²) < 4.78 is 46.5. The summed E-state index contributed by atoms with van der Waals surface area (Å²) in [5.74, 6) is 2.37. The van der Waals surface area contributed by atoms with Crippen LogP contribution in [0.3, 0.4) is 0 Å². The van der Waals surface area contributed by atoms with Crippen LogP contribution in [0.2, 0.25) is 0 Å². The highest BCUT2D eigenvalue weighted by molar-refractivity contribution is 5.91. The average molecular weight is 973 g/mol. The minimum atomic E-state index is -0.659. The Morgan fingerprint density at radius 2 is 1.07 bits per heavy atom. The minimum absolute atomic E-state index is 0.0456. The molecule has 0 bridgehead atoms. The molecule has 70 heavy (non-hydrogen) atoms. The number of quaternary nitrogens is 2. The SMILES string of the molecule is COc1ccc(CC2c3cc(OC)c(OC)cc3CC[N+]2(C)CCCOC(=O)/C=C\C(=O)OCCC[N+]2(C)CCc3cc(CO)c(CO)c(OC)c3C2Cc2cc(CO)c(CO)c(OC)c2)cc1OC. The maximum Gasteiger partial charge on any atom is 0.331 e. The molecule has 16 heteroatoms. The third kappa shape index (κ3) is 11.8. The van der Waals surface area contributed by atoms with Crippen molar-refractivity contribution >= 4 is 11.9 Å². The molecule has 0 spiro atoms. The third-order valence-electron chi connectivity index (χ3n) is 14.4. The number of aliphatic hydroxyl groups is 4. The molecule has 4 atom stereocenters. The fourth-order valence-corrected chi connectivity index (χ4v) is 10.6. The van der Waals surface area contributed by atoms with Gasteiger partial charge in [-0.2, -0.15) is 0 Å². The number of likely N-dealkylation sites (N-methyl/N-ethyl adjacent to an activating group) is 2. The lowest BCUT2D eigenvalue weighted by Crippen LogP contribution is -2.53. The first-order valence-corrected chi connectivity index (χ1v) is 23.8. The van der Waals surface area contributed by atoms with E-state index in [1.165, 1.54) is 18.2 Å². The lowest BCUT2D eigenvalue weighted by Gasteiger charge is -2.46. The summed E-state index contributed by atoms with van der Waals surface area (Å²) in [6, 6.07) is 15.7. The standard InChI is InChI=1S/C54H72N2O14/c1-55(19-15-37-29-49(66-6)50(67-7)30-41(37)44(55)24-35-11-12-46(63-3)48(26-35)65-5)17-9-21-69-51(61)13-14-52(62)70-22-10-18-56(2)20-16-38-28-40(32-58)43(34-60)54(68-8)53(38)45(56)25-36-23-39(31-57)42(33-59)47(27-36)64-4/h11-14,23,26-30,44-45,57-60H,9-10,15-22,24-25,31-34H2,1-8H3/q+2/b14-13-. The molecule has 2 aliphatic heterocycles. The van der Waals surface area contributed by atoms with E-state index < -0.39 is 11.9 Å². The molecule has 0 aliphatic carbocycles. The summed E-state index contributed by atoms with van der Waals surface area (Å²) in [6.45, 7) is 2.02. The van der Waals surface area contributed by atoms with E-state index in [2.05, 4.69) is 32.3 Å². The Labute approximate surface area is 411 Å². The van der Waals surface area contributed by atoms with Crippen LogP contribution in [-0.2, 0) is 71.2 Å². The first-order chi connectivity index (χ1) is 33.8. The Bertz CT molecular complexity index is 2470. The number of nitrogens with zero attached hydrogens (tertiary/aromatic N) is 2. The highest BCUT2D eigenvalue weighted by Crippen LogP contribution is 2.47. The van der Waals surface area contributed by atoms with Gasteiger partial charge >= 0.3 is 11.9 Å². The molecule has 0 fully saturated rings. The van der Waals surface area contributed by atoms with Crippen LogP contribution in [0, 0.1) is 0 Å². The number of methoxy groups -OCH3 is 6. The number of ether oxygens (including phenoxy) is 8. The van der Waals surface area contributed by atoms with Crippen molar-refractivity contribution in [1.29, 1.82) is 0 Å². The quantitative estimate of drug-likeness (QED) is 0.0302. The van der Waals surface area contributed by atoms with Gasteiger partial charge in [-0.3, -0.25) is 0 Å². The minimum Gasteiger partial charge on any atom is -0.496 e. The van der Waals surface area contributed by atoms with Crippen LogP contribution in [0.15, 0.2) is 60.7 Å². The zero-order chi connectivity index (χ0) is 50.6. The van der Waals surface area contributed by atoms with Gasteiger partial charge in [-0.25, -0.2) is 9.59 Å². The van der Waals surface area contributed by atoms with Crippen molar-refractivity contribution in [2.24, 2.45) is 0 Å². The fraction of sp³-hybridized carbons (Fsp3) is 0.481. The summed E-state index contributed by atoms with van der Waals surface area (Å²) in [5, 5.41) is 40.9. The lowest BCUT2D eigenvalue weighted by molar-refractivity contribution is -0.941. The van der Waals surface area contributed by atoms with E-state index in [9.17, 15) is 30.0 Å². The molecule has 4 N–H and O–H groups in total. The summed E-state index contributed by atoms with van der Waals surface area (Å²) in [4.78, 5) is 25.8. The van der Waals surface area contributed by atoms with Crippen LogP contribution >= 0.6 is 0 Å². The van der Waals surface area contributed by atoms with Crippen LogP contribution in [0.4, 0.5) is 0 Å². The van der Waals surface area contributed by atoms with E-state index in [4.69, 9.17) is 37.9 Å². The van der Waals surface area contributed by atoms with Crippen LogP contribution in [0.5, 0.6) is 34.5 Å². The van der Waals surface area contributed by atoms with Gasteiger partial charge in [0.25, 0.3) is 0 Å². The zero-order valence-corrected chi connectivity index (χ0v) is 42.0. The van der Waals surface area contributed by atoms with Gasteiger partial charge in [-0.15, -0.1) is 0 Å². The monoisotopic (exact) mass is 972 g/mol. The first kappa shape index (κ1) is 53.5. The maximum absolute atomic E-state index is 12.9. The number of hydrogen-bond acceptors (Lipinski definition) is 14. The second-order valence-electron chi connectivity index (χ2n) is 18.5. The van der Waals surface area contributed by atoms with Gasteiger partial charge < -0.3 is 67.3 Å². The Kier molecular flexibility index (Phi) is 18.6. The molecule has 4 aromatic rings. The summed E-state index contributed by atoms with van der Waals surface area (Å²) >= 11 is 0. The molecule has 16 nitrogen and oxygen atoms in total. The molecule has 2 aliphatic rings. The number of benzene rings is 4. The normalized spacial score (nSPS) is 19.5. The van der Waals surface area contributed by atoms with Crippen LogP contribution in [-0.4, -0.2) is 137 Å². The highest BCUT2D eigenvalue weighted by atomic mass is 16.5. The molecule has 2 heterocycles. The number of carbonyl (C=O) groups excluding carboxylic acids is 2. The van der Waals surface area contributed by atoms with Crippen LogP contribution < -0.4 is 28.4 Å². The van der Waals surface area contributed by atoms with Crippen molar-refractivity contribution in [3.8, 4) is 34.5 Å². The van der Waals surface area contributed by atoms with Gasteiger partial charge in [0.15, 0.2) is 23.0 Å². The Morgan fingerprint density at radius 3 is 1.63 bits per heavy atom. The van der Waals surface area contributed by atoms with Gasteiger partial charge in [-0.1, -0.05) is 18.2 Å². The number of rotatable bonds is 24. The number of esters is 2. The molecule has 4 unspecified atom stereocenters. The third-order valence-corrected chi connectivity index (χ3v) is 14.4. The van der Waals surface area contributed by atoms with E-state index >= 15 is 0 Å². The Hall–Kier alpha value is -5.88. The van der Waals surface area contributed by atoms with Crippen molar-refractivity contribution < 1.29 is 76.9 Å². The van der Waals surface area contributed by atoms with Gasteiger partial charge in [0.1, 0.15) is 23.6 Å². The number of carbonyl (C=O) groups is 2. The molecule has 4 aromatic carbocycles. The maximum atomic E-state index is 12.9. The van der Waals surface area contributed by atoms with Crippen LogP contribution in [0.1, 0.15) is 80.6 Å². The van der Waals surface area contributed by atoms with Crippen LogP contribution in [0.25, 0.3) is 0 Å². The molecular weight excluding hydrogens is 901 g/mol. The molecule has 6 rings (SSSR count). The first-order valence-electron chi connectivity index (χ1n) is 23.8. The lowest BCUT2D eigenvalue weighted by atomic mass is 9.82. The van der Waals surface area contributed by atoms with Crippen molar-refractivity contribution in [2.75, 3.05) is 96.1 Å². The van der Waals surface area contributed by atoms with E-state index in [0.717, 1.165) is 60.5 Å². The van der Waals surface area contributed by atoms with E-state index in [-0.39, 0.29) is 51.7 Å². The van der Waals surface area contributed by atoms with E-state index in [1.54, 1.807) is 35.5 Å². The predicted molar refractivity (Wildman–Crippen MR) is 261 cm³/mol. The van der Waals surface area contributed by atoms with E-state index in [0.29, 0.717) is 104 Å². The number of fused-ring (bicyclic) bond motifs is 2. The summed E-state index contributed by atoms with van der Waals surface area (Å²) in [5.41, 5.74) is 8.47. The van der Waals surface area contributed by atoms with Crippen molar-refractivity contribution in [3.05, 3.63) is 116 Å². The molecule has 0 saturated carbocycles. The van der Waals surface area contributed by atoms with Crippen molar-refractivity contribution in [2.45, 2.75) is 77.0 Å². The van der Waals surface area contributed by atoms with E-state index in [1.807, 2.05) is 30.3 Å². The molecule has 0 amide bonds. The van der Waals surface area contributed by atoms with Gasteiger partial charge in [0, 0.05) is 67.4 Å². The van der Waals surface area contributed by atoms with Gasteiger partial charge in [0.2, 0.25) is 0 Å². The Morgan fingerprint density at radius 1 is 0.557 bits per heavy atom. The zero-order valence-electron chi connectivity index (χ0n) is 42.0. The largest absolute Gasteiger partial charge is 0.496 e. The summed E-state index contributed by atoms with van der Waals surface area (Å²) in [7, 11) is 14.0. The van der Waals surface area contributed by atoms with Crippen molar-refractivity contribution in [1.82, 2.24) is 0 Å². The number of aliphatic hydroxyl groups excluding tert-OH is 4. The van der Waals surface area contributed by atoms with Gasteiger partial charge in [0.05, 0.1) is 128 Å².